The van der Waals surface area contributed by atoms with Crippen molar-refractivity contribution in [1.82, 2.24) is 9.88 Å². The third kappa shape index (κ3) is 3.55. The van der Waals surface area contributed by atoms with E-state index in [0.29, 0.717) is 12.1 Å². The number of likely N-dealkylation sites (N-methyl/N-ethyl adjacent to an activating group) is 1. The van der Waals surface area contributed by atoms with Crippen LogP contribution in [-0.4, -0.2) is 27.9 Å². The highest BCUT2D eigenvalue weighted by molar-refractivity contribution is 5.79. The predicted molar refractivity (Wildman–Crippen MR) is 72.5 cm³/mol. The molecule has 4 heteroatoms. The van der Waals surface area contributed by atoms with E-state index < -0.39 is 0 Å². The normalized spacial score (nSPS) is 10.2. The zero-order valence-electron chi connectivity index (χ0n) is 10.8. The minimum atomic E-state index is -0.0367. The highest BCUT2D eigenvalue weighted by Gasteiger charge is 2.12. The van der Waals surface area contributed by atoms with Gasteiger partial charge >= 0.3 is 0 Å². The number of hydrogen-bond donors (Lipinski definition) is 1. The fourth-order valence-electron chi connectivity index (χ4n) is 1.81. The molecule has 1 aromatic heterocycles. The van der Waals surface area contributed by atoms with Crippen molar-refractivity contribution in [3.8, 4) is 5.75 Å². The predicted octanol–water partition coefficient (Wildman–Crippen LogP) is 1.99. The summed E-state index contributed by atoms with van der Waals surface area (Å²) in [7, 11) is 1.75. The summed E-state index contributed by atoms with van der Waals surface area (Å²) in [5.74, 6) is 0.121. The number of pyridine rings is 1. The number of phenolic OH excluding ortho intramolecular Hbond substituents is 1. The lowest BCUT2D eigenvalue weighted by atomic mass is 10.1. The van der Waals surface area contributed by atoms with Crippen LogP contribution in [0, 0.1) is 0 Å². The van der Waals surface area contributed by atoms with Gasteiger partial charge in [-0.2, -0.15) is 0 Å². The van der Waals surface area contributed by atoms with E-state index in [1.807, 2.05) is 18.2 Å². The van der Waals surface area contributed by atoms with Gasteiger partial charge in [0.15, 0.2) is 0 Å². The Morgan fingerprint density at radius 1 is 1.26 bits per heavy atom. The van der Waals surface area contributed by atoms with Crippen molar-refractivity contribution in [3.63, 3.8) is 0 Å². The summed E-state index contributed by atoms with van der Waals surface area (Å²) < 4.78 is 0. The molecule has 0 saturated heterocycles. The molecule has 0 bridgehead atoms. The van der Waals surface area contributed by atoms with Gasteiger partial charge in [0.05, 0.1) is 6.42 Å². The average molecular weight is 256 g/mol. The van der Waals surface area contributed by atoms with E-state index in [0.717, 1.165) is 5.56 Å². The highest BCUT2D eigenvalue weighted by Crippen LogP contribution is 2.17. The van der Waals surface area contributed by atoms with Gasteiger partial charge in [-0.1, -0.05) is 24.3 Å². The first-order chi connectivity index (χ1) is 9.16. The van der Waals surface area contributed by atoms with Gasteiger partial charge in [0.25, 0.3) is 0 Å². The minimum absolute atomic E-state index is 0.0367. The third-order valence-electron chi connectivity index (χ3n) is 2.90. The molecule has 0 unspecified atom stereocenters. The number of amides is 1. The maximum atomic E-state index is 12.1. The Hall–Kier alpha value is -2.36. The summed E-state index contributed by atoms with van der Waals surface area (Å²) in [4.78, 5) is 17.7. The second-order valence-corrected chi connectivity index (χ2v) is 4.42. The first-order valence-electron chi connectivity index (χ1n) is 6.06. The monoisotopic (exact) mass is 256 g/mol. The van der Waals surface area contributed by atoms with Gasteiger partial charge in [0.2, 0.25) is 5.91 Å². The molecule has 0 aliphatic heterocycles. The molecule has 1 amide bonds. The molecule has 1 aromatic carbocycles. The molecule has 0 aliphatic carbocycles. The molecule has 0 aliphatic rings. The maximum absolute atomic E-state index is 12.1. The van der Waals surface area contributed by atoms with E-state index in [1.54, 1.807) is 42.5 Å². The summed E-state index contributed by atoms with van der Waals surface area (Å²) >= 11 is 0. The number of carbonyl (C=O) groups excluding carboxylic acids is 1. The molecule has 4 nitrogen and oxygen atoms in total. The number of phenols is 1. The summed E-state index contributed by atoms with van der Waals surface area (Å²) in [5.41, 5.74) is 1.63. The Labute approximate surface area is 112 Å². The number of benzene rings is 1. The van der Waals surface area contributed by atoms with E-state index in [-0.39, 0.29) is 18.1 Å². The smallest absolute Gasteiger partial charge is 0.227 e. The maximum Gasteiger partial charge on any atom is 0.227 e. The van der Waals surface area contributed by atoms with E-state index in [1.165, 1.54) is 0 Å². The lowest BCUT2D eigenvalue weighted by Gasteiger charge is -2.17. The van der Waals surface area contributed by atoms with Gasteiger partial charge in [0, 0.05) is 31.5 Å². The van der Waals surface area contributed by atoms with Gasteiger partial charge in [-0.15, -0.1) is 0 Å². The minimum Gasteiger partial charge on any atom is -0.508 e. The van der Waals surface area contributed by atoms with Crippen LogP contribution in [0.5, 0.6) is 5.75 Å². The van der Waals surface area contributed by atoms with Crippen molar-refractivity contribution in [3.05, 3.63) is 59.9 Å². The average Bonchev–Trinajstić information content (AvgIpc) is 2.42. The Morgan fingerprint density at radius 3 is 2.74 bits per heavy atom. The number of aromatic hydroxyl groups is 1. The molecule has 0 spiro atoms. The molecule has 1 heterocycles. The van der Waals surface area contributed by atoms with Gasteiger partial charge < -0.3 is 10.0 Å². The van der Waals surface area contributed by atoms with Crippen LogP contribution in [-0.2, 0) is 17.8 Å². The first-order valence-corrected chi connectivity index (χ1v) is 6.06. The van der Waals surface area contributed by atoms with E-state index >= 15 is 0 Å². The van der Waals surface area contributed by atoms with E-state index in [4.69, 9.17) is 0 Å². The molecule has 0 atom stereocenters. The Morgan fingerprint density at radius 2 is 2.05 bits per heavy atom. The standard InChI is InChI=1S/C15H16N2O2/c1-17(11-12-5-4-8-16-10-12)15(19)9-13-6-2-3-7-14(13)18/h2-8,10,18H,9,11H2,1H3. The van der Waals surface area contributed by atoms with Crippen molar-refractivity contribution >= 4 is 5.91 Å². The zero-order chi connectivity index (χ0) is 13.7. The van der Waals surface area contributed by atoms with Gasteiger partial charge in [0.1, 0.15) is 5.75 Å². The Bertz CT molecular complexity index is 555. The van der Waals surface area contributed by atoms with E-state index in [2.05, 4.69) is 4.98 Å². The van der Waals surface area contributed by atoms with Crippen LogP contribution < -0.4 is 0 Å². The third-order valence-corrected chi connectivity index (χ3v) is 2.90. The van der Waals surface area contributed by atoms with Crippen molar-refractivity contribution in [2.75, 3.05) is 7.05 Å². The quantitative estimate of drug-likeness (QED) is 0.910. The lowest BCUT2D eigenvalue weighted by molar-refractivity contribution is -0.129. The molecule has 98 valence electrons. The topological polar surface area (TPSA) is 53.4 Å². The van der Waals surface area contributed by atoms with Crippen LogP contribution in [0.3, 0.4) is 0 Å². The van der Waals surface area contributed by atoms with Crippen molar-refractivity contribution in [2.24, 2.45) is 0 Å². The molecule has 2 aromatic rings. The van der Waals surface area contributed by atoms with Crippen LogP contribution in [0.4, 0.5) is 0 Å². The number of aromatic nitrogens is 1. The number of para-hydroxylation sites is 1. The largest absolute Gasteiger partial charge is 0.508 e. The molecule has 19 heavy (non-hydrogen) atoms. The number of carbonyl (C=O) groups is 1. The van der Waals surface area contributed by atoms with Crippen LogP contribution >= 0.6 is 0 Å². The molecular weight excluding hydrogens is 240 g/mol. The number of hydrogen-bond acceptors (Lipinski definition) is 3. The van der Waals surface area contributed by atoms with Crippen molar-refractivity contribution in [2.45, 2.75) is 13.0 Å². The highest BCUT2D eigenvalue weighted by atomic mass is 16.3. The molecule has 1 N–H and O–H groups in total. The SMILES string of the molecule is CN(Cc1cccnc1)C(=O)Cc1ccccc1O. The summed E-state index contributed by atoms with van der Waals surface area (Å²) in [6, 6.07) is 10.7. The summed E-state index contributed by atoms with van der Waals surface area (Å²) in [5, 5.41) is 9.65. The second-order valence-electron chi connectivity index (χ2n) is 4.42. The van der Waals surface area contributed by atoms with Crippen LogP contribution in [0.15, 0.2) is 48.8 Å². The fraction of sp³-hybridized carbons (Fsp3) is 0.200. The molecule has 0 saturated carbocycles. The molecule has 0 fully saturated rings. The van der Waals surface area contributed by atoms with Gasteiger partial charge in [-0.3, -0.25) is 9.78 Å². The first kappa shape index (κ1) is 13.1. The van der Waals surface area contributed by atoms with E-state index in [9.17, 15) is 9.90 Å². The second kappa shape index (κ2) is 6.00. The molecular formula is C15H16N2O2. The lowest BCUT2D eigenvalue weighted by Crippen LogP contribution is -2.27. The Kier molecular flexibility index (Phi) is 4.13. The zero-order valence-corrected chi connectivity index (χ0v) is 10.8. The Balaban J connectivity index is 1.99. The van der Waals surface area contributed by atoms with Gasteiger partial charge in [-0.25, -0.2) is 0 Å². The summed E-state index contributed by atoms with van der Waals surface area (Å²) in [6.07, 6.45) is 3.64. The van der Waals surface area contributed by atoms with Crippen LogP contribution in [0.2, 0.25) is 0 Å². The number of nitrogens with zero attached hydrogens (tertiary/aromatic N) is 2. The fourth-order valence-corrected chi connectivity index (χ4v) is 1.81. The van der Waals surface area contributed by atoms with Crippen molar-refractivity contribution < 1.29 is 9.90 Å². The number of rotatable bonds is 4. The molecule has 2 rings (SSSR count). The van der Waals surface area contributed by atoms with Crippen LogP contribution in [0.1, 0.15) is 11.1 Å². The summed E-state index contributed by atoms with van der Waals surface area (Å²) in [6.45, 7) is 0.514. The molecule has 0 radical (unpaired) electrons. The van der Waals surface area contributed by atoms with Crippen LogP contribution in [0.25, 0.3) is 0 Å². The van der Waals surface area contributed by atoms with Gasteiger partial charge in [-0.05, 0) is 17.7 Å². The van der Waals surface area contributed by atoms with Crippen molar-refractivity contribution in [1.29, 1.82) is 0 Å².